The highest BCUT2D eigenvalue weighted by Crippen LogP contribution is 2.15. The van der Waals surface area contributed by atoms with Gasteiger partial charge in [-0.2, -0.15) is 0 Å². The second-order valence-electron chi connectivity index (χ2n) is 2.91. The van der Waals surface area contributed by atoms with Gasteiger partial charge in [-0.1, -0.05) is 0 Å². The summed E-state index contributed by atoms with van der Waals surface area (Å²) in [6, 6.07) is 7.25. The van der Waals surface area contributed by atoms with E-state index in [1.165, 1.54) is 6.92 Å². The Morgan fingerprint density at radius 1 is 1.43 bits per heavy atom. The number of carbonyl (C=O) groups excluding carboxylic acids is 1. The third-order valence-corrected chi connectivity index (χ3v) is 1.59. The van der Waals surface area contributed by atoms with Crippen molar-refractivity contribution in [2.24, 2.45) is 0 Å². The number of benzene rings is 1. The summed E-state index contributed by atoms with van der Waals surface area (Å²) in [7, 11) is 0. The number of ether oxygens (including phenoxy) is 1. The molecule has 14 heavy (non-hydrogen) atoms. The van der Waals surface area contributed by atoms with Crippen LogP contribution < -0.4 is 10.1 Å². The van der Waals surface area contributed by atoms with Gasteiger partial charge >= 0.3 is 0 Å². The zero-order valence-electron chi connectivity index (χ0n) is 8.25. The van der Waals surface area contributed by atoms with Crippen molar-refractivity contribution in [1.29, 1.82) is 0 Å². The lowest BCUT2D eigenvalue weighted by atomic mass is 10.3. The molecule has 0 atom stereocenters. The van der Waals surface area contributed by atoms with Gasteiger partial charge in [0.25, 0.3) is 0 Å². The average Bonchev–Trinajstić information content (AvgIpc) is 2.16. The van der Waals surface area contributed by atoms with Gasteiger partial charge in [0.15, 0.2) is 0 Å². The first-order valence-electron chi connectivity index (χ1n) is 4.52. The van der Waals surface area contributed by atoms with Crippen LogP contribution in [0.1, 0.15) is 13.3 Å². The zero-order valence-corrected chi connectivity index (χ0v) is 8.25. The number of hydrogen-bond acceptors (Lipinski definition) is 2. The summed E-state index contributed by atoms with van der Waals surface area (Å²) in [5, 5.41) is 2.68. The van der Waals surface area contributed by atoms with E-state index in [2.05, 4.69) is 12.2 Å². The number of anilines is 1. The monoisotopic (exact) mass is 192 g/mol. The van der Waals surface area contributed by atoms with Gasteiger partial charge in [0.1, 0.15) is 5.75 Å². The lowest BCUT2D eigenvalue weighted by molar-refractivity contribution is -0.114. The molecule has 3 nitrogen and oxygen atoms in total. The molecule has 0 unspecified atom stereocenters. The molecule has 1 amide bonds. The second-order valence-corrected chi connectivity index (χ2v) is 2.91. The van der Waals surface area contributed by atoms with Crippen LogP contribution in [0.5, 0.6) is 5.75 Å². The molecule has 1 rings (SSSR count). The number of amides is 1. The molecule has 0 heterocycles. The van der Waals surface area contributed by atoms with Gasteiger partial charge in [-0.15, -0.1) is 0 Å². The predicted octanol–water partition coefficient (Wildman–Crippen LogP) is 2.25. The Morgan fingerprint density at radius 2 is 2.07 bits per heavy atom. The minimum atomic E-state index is -0.0728. The van der Waals surface area contributed by atoms with E-state index >= 15 is 0 Å². The van der Waals surface area contributed by atoms with E-state index in [9.17, 15) is 4.79 Å². The molecule has 0 bridgehead atoms. The van der Waals surface area contributed by atoms with Crippen molar-refractivity contribution in [3.05, 3.63) is 31.2 Å². The van der Waals surface area contributed by atoms with Crippen LogP contribution in [0.3, 0.4) is 0 Å². The van der Waals surface area contributed by atoms with E-state index in [0.717, 1.165) is 17.9 Å². The van der Waals surface area contributed by atoms with Crippen molar-refractivity contribution in [1.82, 2.24) is 0 Å². The molecule has 0 aromatic heterocycles. The minimum Gasteiger partial charge on any atom is -0.494 e. The summed E-state index contributed by atoms with van der Waals surface area (Å²) in [5.74, 6) is 0.721. The molecule has 0 fully saturated rings. The molecule has 0 saturated heterocycles. The number of nitrogens with one attached hydrogen (secondary N) is 1. The van der Waals surface area contributed by atoms with E-state index in [-0.39, 0.29) is 5.91 Å². The maximum absolute atomic E-state index is 10.7. The lowest BCUT2D eigenvalue weighted by Gasteiger charge is -2.05. The van der Waals surface area contributed by atoms with Crippen molar-refractivity contribution in [3.63, 3.8) is 0 Å². The maximum Gasteiger partial charge on any atom is 0.221 e. The number of rotatable bonds is 4. The van der Waals surface area contributed by atoms with E-state index in [1.54, 1.807) is 12.1 Å². The van der Waals surface area contributed by atoms with Gasteiger partial charge in [0.2, 0.25) is 5.91 Å². The molecule has 0 saturated carbocycles. The molecule has 0 aliphatic heterocycles. The van der Waals surface area contributed by atoms with Crippen LogP contribution >= 0.6 is 0 Å². The Labute approximate surface area is 84.1 Å². The fraction of sp³-hybridized carbons (Fsp3) is 0.273. The first-order chi connectivity index (χ1) is 6.72. The van der Waals surface area contributed by atoms with Crippen molar-refractivity contribution in [2.75, 3.05) is 11.9 Å². The minimum absolute atomic E-state index is 0.0728. The molecule has 1 aromatic rings. The highest BCUT2D eigenvalue weighted by atomic mass is 16.5. The molecule has 0 aliphatic rings. The zero-order chi connectivity index (χ0) is 10.4. The summed E-state index contributed by atoms with van der Waals surface area (Å²) < 4.78 is 5.34. The molecule has 75 valence electrons. The van der Waals surface area contributed by atoms with Crippen molar-refractivity contribution < 1.29 is 9.53 Å². The van der Waals surface area contributed by atoms with Gasteiger partial charge in [-0.25, -0.2) is 0 Å². The van der Waals surface area contributed by atoms with E-state index in [0.29, 0.717) is 6.61 Å². The molecular weight excluding hydrogens is 178 g/mol. The molecule has 3 heteroatoms. The standard InChI is InChI=1S/C11H14NO2/c1-3-8-14-11-6-4-10(5-7-11)12-9(2)13/h4-7H,1,3,8H2,2H3,(H,12,13). The third kappa shape index (κ3) is 3.47. The topological polar surface area (TPSA) is 38.3 Å². The van der Waals surface area contributed by atoms with E-state index in [1.807, 2.05) is 12.1 Å². The van der Waals surface area contributed by atoms with Gasteiger partial charge in [-0.05, 0) is 37.6 Å². The van der Waals surface area contributed by atoms with Crippen molar-refractivity contribution in [3.8, 4) is 5.75 Å². The van der Waals surface area contributed by atoms with Crippen LogP contribution in [0.2, 0.25) is 0 Å². The van der Waals surface area contributed by atoms with Crippen molar-refractivity contribution >= 4 is 11.6 Å². The third-order valence-electron chi connectivity index (χ3n) is 1.59. The molecule has 1 N–H and O–H groups in total. The smallest absolute Gasteiger partial charge is 0.221 e. The van der Waals surface area contributed by atoms with E-state index in [4.69, 9.17) is 4.74 Å². The lowest BCUT2D eigenvalue weighted by Crippen LogP contribution is -2.05. The first-order valence-corrected chi connectivity index (χ1v) is 4.52. The average molecular weight is 192 g/mol. The quantitative estimate of drug-likeness (QED) is 0.794. The number of hydrogen-bond donors (Lipinski definition) is 1. The van der Waals surface area contributed by atoms with E-state index < -0.39 is 0 Å². The summed E-state index contributed by atoms with van der Waals surface area (Å²) in [4.78, 5) is 10.7. The highest BCUT2D eigenvalue weighted by Gasteiger charge is 1.96. The summed E-state index contributed by atoms with van der Waals surface area (Å²) in [6.07, 6.45) is 0.743. The van der Waals surface area contributed by atoms with Crippen molar-refractivity contribution in [2.45, 2.75) is 13.3 Å². The molecule has 1 radical (unpaired) electrons. The summed E-state index contributed by atoms with van der Waals surface area (Å²) in [6.45, 7) is 5.77. The normalized spacial score (nSPS) is 9.57. The van der Waals surface area contributed by atoms with Gasteiger partial charge < -0.3 is 10.1 Å². The van der Waals surface area contributed by atoms with Crippen LogP contribution in [0.4, 0.5) is 5.69 Å². The second kappa shape index (κ2) is 5.27. The Hall–Kier alpha value is -1.51. The van der Waals surface area contributed by atoms with Crippen LogP contribution in [0.15, 0.2) is 24.3 Å². The number of carbonyl (C=O) groups is 1. The SMILES string of the molecule is [CH2]CCOc1ccc(NC(C)=O)cc1. The summed E-state index contributed by atoms with van der Waals surface area (Å²) >= 11 is 0. The molecular formula is C11H14NO2. The van der Waals surface area contributed by atoms with Gasteiger partial charge in [0, 0.05) is 12.6 Å². The molecule has 0 spiro atoms. The highest BCUT2D eigenvalue weighted by molar-refractivity contribution is 5.88. The molecule has 0 aliphatic carbocycles. The largest absolute Gasteiger partial charge is 0.494 e. The fourth-order valence-electron chi connectivity index (χ4n) is 1.03. The Kier molecular flexibility index (Phi) is 3.98. The van der Waals surface area contributed by atoms with Crippen LogP contribution in [-0.4, -0.2) is 12.5 Å². The van der Waals surface area contributed by atoms with Crippen LogP contribution in [0, 0.1) is 6.92 Å². The van der Waals surface area contributed by atoms with Gasteiger partial charge in [-0.3, -0.25) is 4.79 Å². The van der Waals surface area contributed by atoms with Gasteiger partial charge in [0.05, 0.1) is 6.61 Å². The predicted molar refractivity (Wildman–Crippen MR) is 56.2 cm³/mol. The Balaban J connectivity index is 2.54. The first kappa shape index (κ1) is 10.6. The molecule has 1 aromatic carbocycles. The fourth-order valence-corrected chi connectivity index (χ4v) is 1.03. The maximum atomic E-state index is 10.7. The van der Waals surface area contributed by atoms with Crippen LogP contribution in [-0.2, 0) is 4.79 Å². The Morgan fingerprint density at radius 3 is 2.57 bits per heavy atom. The Bertz CT molecular complexity index is 293. The summed E-state index contributed by atoms with van der Waals surface area (Å²) in [5.41, 5.74) is 0.777. The van der Waals surface area contributed by atoms with Crippen LogP contribution in [0.25, 0.3) is 0 Å².